The summed E-state index contributed by atoms with van der Waals surface area (Å²) < 4.78 is 10.5. The fourth-order valence-electron chi connectivity index (χ4n) is 2.43. The van der Waals surface area contributed by atoms with Gasteiger partial charge in [-0.3, -0.25) is 19.9 Å². The van der Waals surface area contributed by atoms with E-state index < -0.39 is 10.8 Å². The van der Waals surface area contributed by atoms with Gasteiger partial charge in [-0.15, -0.1) is 0 Å². The molecule has 2 aromatic carbocycles. The van der Waals surface area contributed by atoms with Crippen LogP contribution in [0.25, 0.3) is 10.9 Å². The molecule has 1 aromatic heterocycles. The summed E-state index contributed by atoms with van der Waals surface area (Å²) in [5, 5.41) is 14.4. The minimum atomic E-state index is -0.546. The summed E-state index contributed by atoms with van der Waals surface area (Å²) >= 11 is 0. The third-order valence-corrected chi connectivity index (χ3v) is 3.64. The molecule has 0 radical (unpaired) electrons. The molecule has 3 rings (SSSR count). The molecule has 0 saturated heterocycles. The highest BCUT2D eigenvalue weighted by molar-refractivity contribution is 6.01. The van der Waals surface area contributed by atoms with Crippen LogP contribution >= 0.6 is 0 Å². The van der Waals surface area contributed by atoms with Crippen molar-refractivity contribution in [3.63, 3.8) is 0 Å². The number of non-ortho nitro benzene ring substituents is 1. The number of fused-ring (bicyclic) bond motifs is 1. The van der Waals surface area contributed by atoms with Crippen LogP contribution in [0.1, 0.15) is 0 Å². The van der Waals surface area contributed by atoms with Gasteiger partial charge >= 0.3 is 0 Å². The zero-order chi connectivity index (χ0) is 18.5. The lowest BCUT2D eigenvalue weighted by Gasteiger charge is -2.11. The molecule has 8 heteroatoms. The van der Waals surface area contributed by atoms with Crippen LogP contribution < -0.4 is 14.8 Å². The lowest BCUT2D eigenvalue weighted by Crippen LogP contribution is -2.20. The summed E-state index contributed by atoms with van der Waals surface area (Å²) in [6, 6.07) is 13.0. The first-order valence-corrected chi connectivity index (χ1v) is 7.67. The standard InChI is InChI=1S/C18H15N3O5/c1-25-16-8-7-12(21(23)24)10-17(16)26-11-18(22)20-15-6-2-5-14-13(15)4-3-9-19-14/h2-10H,11H2,1H3,(H,20,22). The maximum absolute atomic E-state index is 12.2. The van der Waals surface area contributed by atoms with E-state index in [-0.39, 0.29) is 18.0 Å². The van der Waals surface area contributed by atoms with E-state index >= 15 is 0 Å². The Hall–Kier alpha value is -3.68. The van der Waals surface area contributed by atoms with Crippen molar-refractivity contribution in [2.24, 2.45) is 0 Å². The highest BCUT2D eigenvalue weighted by Crippen LogP contribution is 2.31. The number of rotatable bonds is 6. The second-order valence-electron chi connectivity index (χ2n) is 5.30. The lowest BCUT2D eigenvalue weighted by molar-refractivity contribution is -0.385. The van der Waals surface area contributed by atoms with Gasteiger partial charge in [-0.05, 0) is 30.3 Å². The van der Waals surface area contributed by atoms with Crippen LogP contribution in [0.5, 0.6) is 11.5 Å². The Balaban J connectivity index is 1.73. The summed E-state index contributed by atoms with van der Waals surface area (Å²) in [6.45, 7) is -0.325. The van der Waals surface area contributed by atoms with Gasteiger partial charge in [0.05, 0.1) is 29.3 Å². The average molecular weight is 353 g/mol. The van der Waals surface area contributed by atoms with E-state index in [0.717, 1.165) is 10.9 Å². The van der Waals surface area contributed by atoms with Gasteiger partial charge in [0.25, 0.3) is 11.6 Å². The number of hydrogen-bond acceptors (Lipinski definition) is 6. The van der Waals surface area contributed by atoms with E-state index in [2.05, 4.69) is 10.3 Å². The number of carbonyl (C=O) groups is 1. The average Bonchev–Trinajstić information content (AvgIpc) is 2.66. The number of aromatic nitrogens is 1. The van der Waals surface area contributed by atoms with Gasteiger partial charge in [0.2, 0.25) is 0 Å². The molecule has 0 unspecified atom stereocenters. The van der Waals surface area contributed by atoms with Gasteiger partial charge in [-0.1, -0.05) is 6.07 Å². The quantitative estimate of drug-likeness (QED) is 0.539. The largest absolute Gasteiger partial charge is 0.493 e. The number of nitro groups is 1. The topological polar surface area (TPSA) is 104 Å². The molecule has 0 atom stereocenters. The molecule has 3 aromatic rings. The molecule has 1 heterocycles. The Kier molecular flexibility index (Phi) is 4.93. The van der Waals surface area contributed by atoms with Crippen LogP contribution in [0.2, 0.25) is 0 Å². The third kappa shape index (κ3) is 3.69. The number of ether oxygens (including phenoxy) is 2. The molecule has 1 N–H and O–H groups in total. The molecule has 132 valence electrons. The normalized spacial score (nSPS) is 10.3. The number of carbonyl (C=O) groups excluding carboxylic acids is 1. The number of benzene rings is 2. The zero-order valence-electron chi connectivity index (χ0n) is 13.8. The van der Waals surface area contributed by atoms with E-state index in [0.29, 0.717) is 11.4 Å². The van der Waals surface area contributed by atoms with Crippen LogP contribution in [-0.4, -0.2) is 29.5 Å². The Labute approximate surface area is 148 Å². The van der Waals surface area contributed by atoms with Crippen molar-refractivity contribution in [3.8, 4) is 11.5 Å². The van der Waals surface area contributed by atoms with Gasteiger partial charge in [0, 0.05) is 17.6 Å². The Morgan fingerprint density at radius 3 is 2.81 bits per heavy atom. The van der Waals surface area contributed by atoms with Crippen LogP contribution in [0.15, 0.2) is 54.7 Å². The zero-order valence-corrected chi connectivity index (χ0v) is 13.8. The number of hydrogen-bond donors (Lipinski definition) is 1. The summed E-state index contributed by atoms with van der Waals surface area (Å²) in [5.74, 6) is 0.0177. The summed E-state index contributed by atoms with van der Waals surface area (Å²) in [6.07, 6.45) is 1.67. The highest BCUT2D eigenvalue weighted by Gasteiger charge is 2.14. The minimum absolute atomic E-state index is 0.122. The van der Waals surface area contributed by atoms with Crippen molar-refractivity contribution >= 4 is 28.2 Å². The SMILES string of the molecule is COc1ccc([N+](=O)[O-])cc1OCC(=O)Nc1cccc2ncccc12. The first kappa shape index (κ1) is 17.2. The third-order valence-electron chi connectivity index (χ3n) is 3.64. The van der Waals surface area contributed by atoms with Gasteiger partial charge in [0.1, 0.15) is 0 Å². The monoisotopic (exact) mass is 353 g/mol. The molecule has 0 aliphatic carbocycles. The van der Waals surface area contributed by atoms with E-state index in [1.807, 2.05) is 12.1 Å². The highest BCUT2D eigenvalue weighted by atomic mass is 16.6. The van der Waals surface area contributed by atoms with Gasteiger partial charge in [-0.2, -0.15) is 0 Å². The van der Waals surface area contributed by atoms with Crippen LogP contribution in [0, 0.1) is 10.1 Å². The predicted molar refractivity (Wildman–Crippen MR) is 95.5 cm³/mol. The number of methoxy groups -OCH3 is 1. The molecular weight excluding hydrogens is 338 g/mol. The molecule has 8 nitrogen and oxygen atoms in total. The lowest BCUT2D eigenvalue weighted by atomic mass is 10.2. The summed E-state index contributed by atoms with van der Waals surface area (Å²) in [4.78, 5) is 26.8. The van der Waals surface area contributed by atoms with Crippen molar-refractivity contribution in [1.29, 1.82) is 0 Å². The number of nitrogens with one attached hydrogen (secondary N) is 1. The first-order chi connectivity index (χ1) is 12.6. The Morgan fingerprint density at radius 2 is 2.04 bits per heavy atom. The smallest absolute Gasteiger partial charge is 0.273 e. The molecule has 1 amide bonds. The second-order valence-corrected chi connectivity index (χ2v) is 5.30. The van der Waals surface area contributed by atoms with Gasteiger partial charge in [-0.25, -0.2) is 0 Å². The number of nitrogens with zero attached hydrogens (tertiary/aromatic N) is 2. The van der Waals surface area contributed by atoms with E-state index in [4.69, 9.17) is 9.47 Å². The van der Waals surface area contributed by atoms with E-state index in [1.54, 1.807) is 24.4 Å². The summed E-state index contributed by atoms with van der Waals surface area (Å²) in [7, 11) is 1.41. The fourth-order valence-corrected chi connectivity index (χ4v) is 2.43. The predicted octanol–water partition coefficient (Wildman–Crippen LogP) is 3.17. The summed E-state index contributed by atoms with van der Waals surface area (Å²) in [5.41, 5.74) is 1.21. The van der Waals surface area contributed by atoms with Crippen molar-refractivity contribution in [1.82, 2.24) is 4.98 Å². The van der Waals surface area contributed by atoms with Gasteiger partial charge in [0.15, 0.2) is 18.1 Å². The number of nitro benzene ring substituents is 1. The van der Waals surface area contributed by atoms with Crippen molar-refractivity contribution < 1.29 is 19.2 Å². The molecule has 0 fully saturated rings. The van der Waals surface area contributed by atoms with Crippen LogP contribution in [-0.2, 0) is 4.79 Å². The van der Waals surface area contributed by atoms with E-state index in [9.17, 15) is 14.9 Å². The maximum atomic E-state index is 12.2. The maximum Gasteiger partial charge on any atom is 0.273 e. The fraction of sp³-hybridized carbons (Fsp3) is 0.111. The first-order valence-electron chi connectivity index (χ1n) is 7.67. The van der Waals surface area contributed by atoms with E-state index in [1.165, 1.54) is 25.3 Å². The van der Waals surface area contributed by atoms with Crippen LogP contribution in [0.4, 0.5) is 11.4 Å². The van der Waals surface area contributed by atoms with Crippen molar-refractivity contribution in [3.05, 3.63) is 64.8 Å². The minimum Gasteiger partial charge on any atom is -0.493 e. The van der Waals surface area contributed by atoms with Crippen molar-refractivity contribution in [2.75, 3.05) is 19.0 Å². The molecule has 0 aliphatic rings. The molecule has 0 bridgehead atoms. The molecule has 26 heavy (non-hydrogen) atoms. The Morgan fingerprint density at radius 1 is 1.19 bits per heavy atom. The van der Waals surface area contributed by atoms with Gasteiger partial charge < -0.3 is 14.8 Å². The number of anilines is 1. The molecule has 0 spiro atoms. The number of pyridine rings is 1. The van der Waals surface area contributed by atoms with Crippen molar-refractivity contribution in [2.45, 2.75) is 0 Å². The molecule has 0 aliphatic heterocycles. The second kappa shape index (κ2) is 7.47. The van der Waals surface area contributed by atoms with Crippen LogP contribution in [0.3, 0.4) is 0 Å². The number of amides is 1. The molecule has 0 saturated carbocycles. The Bertz CT molecular complexity index is 969. The molecular formula is C18H15N3O5.